The Morgan fingerprint density at radius 3 is 2.07 bits per heavy atom. The Morgan fingerprint density at radius 1 is 0.778 bits per heavy atom. The molecule has 0 aliphatic rings. The first-order valence-corrected chi connectivity index (χ1v) is 11.1. The minimum atomic E-state index is -0.339. The molecule has 1 unspecified atom stereocenters. The van der Waals surface area contributed by atoms with Crippen LogP contribution in [0.1, 0.15) is 111 Å². The van der Waals surface area contributed by atoms with Gasteiger partial charge in [-0.15, -0.1) is 0 Å². The third-order valence-corrected chi connectivity index (χ3v) is 4.65. The molecule has 0 saturated heterocycles. The molecular formula is C23H42O4. The van der Waals surface area contributed by atoms with Crippen LogP contribution < -0.4 is 0 Å². The van der Waals surface area contributed by atoms with Crippen LogP contribution in [0.3, 0.4) is 0 Å². The van der Waals surface area contributed by atoms with Crippen molar-refractivity contribution in [3.8, 4) is 0 Å². The molecule has 27 heavy (non-hydrogen) atoms. The van der Waals surface area contributed by atoms with Crippen LogP contribution in [0.15, 0.2) is 12.2 Å². The lowest BCUT2D eigenvalue weighted by molar-refractivity contribution is -0.153. The van der Waals surface area contributed by atoms with E-state index in [-0.39, 0.29) is 30.9 Å². The number of esters is 2. The van der Waals surface area contributed by atoms with Crippen molar-refractivity contribution in [3.05, 3.63) is 12.2 Å². The second kappa shape index (κ2) is 19.4. The van der Waals surface area contributed by atoms with E-state index in [0.717, 1.165) is 32.1 Å². The highest BCUT2D eigenvalue weighted by atomic mass is 16.5. The SMILES string of the molecule is CCCCCCCCC/C=C/COC(=O)CCC(=O)OC(CC)CCCC. The third kappa shape index (κ3) is 17.8. The van der Waals surface area contributed by atoms with Crippen LogP contribution in [-0.4, -0.2) is 24.6 Å². The van der Waals surface area contributed by atoms with Crippen LogP contribution in [0.5, 0.6) is 0 Å². The van der Waals surface area contributed by atoms with E-state index in [2.05, 4.69) is 19.9 Å². The number of unbranched alkanes of at least 4 members (excludes halogenated alkanes) is 8. The molecule has 4 nitrogen and oxygen atoms in total. The van der Waals surface area contributed by atoms with Crippen LogP contribution in [-0.2, 0) is 19.1 Å². The van der Waals surface area contributed by atoms with Crippen molar-refractivity contribution < 1.29 is 19.1 Å². The summed E-state index contributed by atoms with van der Waals surface area (Å²) in [5.74, 6) is -0.640. The second-order valence-electron chi connectivity index (χ2n) is 7.23. The number of carbonyl (C=O) groups excluding carboxylic acids is 2. The largest absolute Gasteiger partial charge is 0.462 e. The molecule has 0 aliphatic heterocycles. The predicted octanol–water partition coefficient (Wildman–Crippen LogP) is 6.52. The molecule has 0 saturated carbocycles. The van der Waals surface area contributed by atoms with Gasteiger partial charge in [0.25, 0.3) is 0 Å². The Balaban J connectivity index is 3.60. The van der Waals surface area contributed by atoms with Crippen LogP contribution in [0, 0.1) is 0 Å². The van der Waals surface area contributed by atoms with Gasteiger partial charge in [0, 0.05) is 0 Å². The van der Waals surface area contributed by atoms with Crippen molar-refractivity contribution in [2.45, 2.75) is 117 Å². The monoisotopic (exact) mass is 382 g/mol. The Morgan fingerprint density at radius 2 is 1.41 bits per heavy atom. The zero-order valence-corrected chi connectivity index (χ0v) is 18.0. The first-order valence-electron chi connectivity index (χ1n) is 11.1. The maximum Gasteiger partial charge on any atom is 0.306 e. The summed E-state index contributed by atoms with van der Waals surface area (Å²) < 4.78 is 10.5. The maximum atomic E-state index is 11.8. The average Bonchev–Trinajstić information content (AvgIpc) is 2.67. The fraction of sp³-hybridized carbons (Fsp3) is 0.826. The maximum absolute atomic E-state index is 11.8. The number of rotatable bonds is 18. The molecule has 0 bridgehead atoms. The van der Waals surface area contributed by atoms with Gasteiger partial charge in [0.2, 0.25) is 0 Å². The second-order valence-corrected chi connectivity index (χ2v) is 7.23. The predicted molar refractivity (Wildman–Crippen MR) is 112 cm³/mol. The molecule has 0 rings (SSSR count). The summed E-state index contributed by atoms with van der Waals surface area (Å²) in [5, 5.41) is 0. The quantitative estimate of drug-likeness (QED) is 0.154. The first-order chi connectivity index (χ1) is 13.1. The van der Waals surface area contributed by atoms with Gasteiger partial charge in [-0.1, -0.05) is 84.3 Å². The number of ether oxygens (including phenoxy) is 2. The normalized spacial score (nSPS) is 12.3. The molecule has 0 amide bonds. The Labute approximate surface area is 167 Å². The van der Waals surface area contributed by atoms with Crippen molar-refractivity contribution >= 4 is 11.9 Å². The summed E-state index contributed by atoms with van der Waals surface area (Å²) in [4.78, 5) is 23.5. The summed E-state index contributed by atoms with van der Waals surface area (Å²) in [6.07, 6.45) is 18.2. The molecule has 4 heteroatoms. The summed E-state index contributed by atoms with van der Waals surface area (Å²) in [6, 6.07) is 0. The summed E-state index contributed by atoms with van der Waals surface area (Å²) in [5.41, 5.74) is 0. The zero-order chi connectivity index (χ0) is 20.2. The minimum Gasteiger partial charge on any atom is -0.462 e. The van der Waals surface area contributed by atoms with E-state index in [0.29, 0.717) is 6.61 Å². The molecule has 0 aliphatic carbocycles. The molecular weight excluding hydrogens is 340 g/mol. The average molecular weight is 383 g/mol. The highest BCUT2D eigenvalue weighted by Crippen LogP contribution is 2.11. The van der Waals surface area contributed by atoms with Gasteiger partial charge in [0.15, 0.2) is 0 Å². The Bertz CT molecular complexity index is 390. The highest BCUT2D eigenvalue weighted by molar-refractivity contribution is 5.77. The first kappa shape index (κ1) is 25.7. The van der Waals surface area contributed by atoms with E-state index in [1.165, 1.54) is 44.9 Å². The van der Waals surface area contributed by atoms with Gasteiger partial charge in [-0.3, -0.25) is 9.59 Å². The van der Waals surface area contributed by atoms with E-state index >= 15 is 0 Å². The van der Waals surface area contributed by atoms with Crippen molar-refractivity contribution in [1.82, 2.24) is 0 Å². The van der Waals surface area contributed by atoms with Gasteiger partial charge < -0.3 is 9.47 Å². The Kier molecular flexibility index (Phi) is 18.5. The van der Waals surface area contributed by atoms with Gasteiger partial charge in [-0.25, -0.2) is 0 Å². The molecule has 0 heterocycles. The number of carbonyl (C=O) groups is 2. The van der Waals surface area contributed by atoms with E-state index in [9.17, 15) is 9.59 Å². The topological polar surface area (TPSA) is 52.6 Å². The Hall–Kier alpha value is -1.32. The standard InChI is InChI=1S/C23H42O4/c1-4-7-9-10-11-12-13-14-15-16-20-26-22(24)18-19-23(25)27-21(6-3)17-8-5-2/h15-16,21H,4-14,17-20H2,1-3H3/b16-15+. The molecule has 0 spiro atoms. The molecule has 0 aromatic heterocycles. The molecule has 158 valence electrons. The van der Waals surface area contributed by atoms with Crippen molar-refractivity contribution in [3.63, 3.8) is 0 Å². The van der Waals surface area contributed by atoms with Crippen LogP contribution >= 0.6 is 0 Å². The summed E-state index contributed by atoms with van der Waals surface area (Å²) >= 11 is 0. The molecule has 0 fully saturated rings. The van der Waals surface area contributed by atoms with E-state index in [1.807, 2.05) is 13.0 Å². The van der Waals surface area contributed by atoms with Crippen molar-refractivity contribution in [2.75, 3.05) is 6.61 Å². The number of hydrogen-bond acceptors (Lipinski definition) is 4. The minimum absolute atomic E-state index is 0.0250. The third-order valence-electron chi connectivity index (χ3n) is 4.65. The zero-order valence-electron chi connectivity index (χ0n) is 18.0. The molecule has 1 atom stereocenters. The van der Waals surface area contributed by atoms with E-state index in [1.54, 1.807) is 0 Å². The van der Waals surface area contributed by atoms with Gasteiger partial charge in [0.1, 0.15) is 12.7 Å². The van der Waals surface area contributed by atoms with Crippen molar-refractivity contribution in [2.24, 2.45) is 0 Å². The molecule has 0 aromatic rings. The summed E-state index contributed by atoms with van der Waals surface area (Å²) in [7, 11) is 0. The smallest absolute Gasteiger partial charge is 0.306 e. The number of allylic oxidation sites excluding steroid dienone is 1. The molecule has 0 aromatic carbocycles. The lowest BCUT2D eigenvalue weighted by Crippen LogP contribution is -2.18. The van der Waals surface area contributed by atoms with Gasteiger partial charge in [-0.2, -0.15) is 0 Å². The van der Waals surface area contributed by atoms with Crippen LogP contribution in [0.25, 0.3) is 0 Å². The number of hydrogen-bond donors (Lipinski definition) is 0. The summed E-state index contributed by atoms with van der Waals surface area (Å²) in [6.45, 7) is 6.66. The van der Waals surface area contributed by atoms with E-state index < -0.39 is 0 Å². The van der Waals surface area contributed by atoms with Crippen molar-refractivity contribution in [1.29, 1.82) is 0 Å². The lowest BCUT2D eigenvalue weighted by atomic mass is 10.1. The lowest BCUT2D eigenvalue weighted by Gasteiger charge is -2.15. The van der Waals surface area contributed by atoms with Gasteiger partial charge >= 0.3 is 11.9 Å². The van der Waals surface area contributed by atoms with Crippen LogP contribution in [0.2, 0.25) is 0 Å². The van der Waals surface area contributed by atoms with E-state index in [4.69, 9.17) is 9.47 Å². The van der Waals surface area contributed by atoms with Gasteiger partial charge in [-0.05, 0) is 25.7 Å². The highest BCUT2D eigenvalue weighted by Gasteiger charge is 2.14. The molecule has 0 N–H and O–H groups in total. The molecule has 0 radical (unpaired) electrons. The fourth-order valence-corrected chi connectivity index (χ4v) is 2.85. The van der Waals surface area contributed by atoms with Gasteiger partial charge in [0.05, 0.1) is 12.8 Å². The van der Waals surface area contributed by atoms with Crippen LogP contribution in [0.4, 0.5) is 0 Å². The fourth-order valence-electron chi connectivity index (χ4n) is 2.85.